The fraction of sp³-hybridized carbons (Fsp3) is 0.818. The minimum atomic E-state index is -0.894. The second kappa shape index (κ2) is 3.83. The van der Waals surface area contributed by atoms with Crippen LogP contribution in [-0.4, -0.2) is 33.5 Å². The van der Waals surface area contributed by atoms with Crippen LogP contribution in [0.25, 0.3) is 0 Å². The van der Waals surface area contributed by atoms with Crippen molar-refractivity contribution >= 4 is 11.9 Å². The average Bonchev–Trinajstić information content (AvgIpc) is 1.90. The molecule has 0 atom stereocenters. The SMILES string of the molecule is CC(=O)[C@H]1C[C@@H](N(C(=O)O)C(C)(C)C)C1. The first-order valence-corrected chi connectivity index (χ1v) is 5.26. The van der Waals surface area contributed by atoms with Gasteiger partial charge in [-0.25, -0.2) is 4.79 Å². The van der Waals surface area contributed by atoms with E-state index in [9.17, 15) is 9.59 Å². The fourth-order valence-electron chi connectivity index (χ4n) is 2.12. The first kappa shape index (κ1) is 12.0. The van der Waals surface area contributed by atoms with Crippen molar-refractivity contribution in [1.82, 2.24) is 4.90 Å². The van der Waals surface area contributed by atoms with E-state index in [-0.39, 0.29) is 17.7 Å². The number of carbonyl (C=O) groups excluding carboxylic acids is 1. The standard InChI is InChI=1S/C11H19NO3/c1-7(13)8-5-9(6-8)12(10(14)15)11(2,3)4/h8-9H,5-6H2,1-4H3,(H,14,15)/t8-,9+. The Morgan fingerprint density at radius 2 is 1.73 bits per heavy atom. The van der Waals surface area contributed by atoms with E-state index in [0.29, 0.717) is 12.8 Å². The molecule has 1 N–H and O–H groups in total. The van der Waals surface area contributed by atoms with Crippen molar-refractivity contribution < 1.29 is 14.7 Å². The Morgan fingerprint density at radius 3 is 2.00 bits per heavy atom. The maximum atomic E-state index is 11.1. The summed E-state index contributed by atoms with van der Waals surface area (Å²) in [6, 6.07) is 0.0106. The number of Topliss-reactive ketones (excluding diaryl/α,β-unsaturated/α-hetero) is 1. The second-order valence-electron chi connectivity index (χ2n) is 5.26. The summed E-state index contributed by atoms with van der Waals surface area (Å²) in [5.74, 6) is 0.240. The van der Waals surface area contributed by atoms with E-state index in [1.165, 1.54) is 4.90 Å². The molecule has 0 unspecified atom stereocenters. The summed E-state index contributed by atoms with van der Waals surface area (Å²) in [7, 11) is 0. The maximum Gasteiger partial charge on any atom is 0.407 e. The number of rotatable bonds is 2. The predicted octanol–water partition coefficient (Wildman–Crippen LogP) is 2.13. The molecular formula is C11H19NO3. The first-order valence-electron chi connectivity index (χ1n) is 5.26. The van der Waals surface area contributed by atoms with Crippen molar-refractivity contribution in [3.05, 3.63) is 0 Å². The van der Waals surface area contributed by atoms with Crippen molar-refractivity contribution in [2.45, 2.75) is 52.1 Å². The lowest BCUT2D eigenvalue weighted by atomic mass is 9.76. The molecule has 0 saturated heterocycles. The monoisotopic (exact) mass is 213 g/mol. The molecule has 1 aliphatic carbocycles. The van der Waals surface area contributed by atoms with Crippen LogP contribution in [0.4, 0.5) is 4.79 Å². The molecule has 86 valence electrons. The van der Waals surface area contributed by atoms with Crippen molar-refractivity contribution in [2.24, 2.45) is 5.92 Å². The molecule has 0 aliphatic heterocycles. The third-order valence-corrected chi connectivity index (χ3v) is 2.98. The molecule has 0 aromatic carbocycles. The van der Waals surface area contributed by atoms with Gasteiger partial charge in [-0.05, 0) is 40.5 Å². The van der Waals surface area contributed by atoms with Gasteiger partial charge in [0.1, 0.15) is 5.78 Å². The minimum absolute atomic E-state index is 0.0106. The lowest BCUT2D eigenvalue weighted by Gasteiger charge is -2.46. The largest absolute Gasteiger partial charge is 0.465 e. The number of carboxylic acid groups (broad SMARTS) is 1. The highest BCUT2D eigenvalue weighted by molar-refractivity contribution is 5.79. The van der Waals surface area contributed by atoms with E-state index < -0.39 is 11.6 Å². The van der Waals surface area contributed by atoms with Crippen LogP contribution in [0.2, 0.25) is 0 Å². The van der Waals surface area contributed by atoms with Gasteiger partial charge < -0.3 is 10.0 Å². The van der Waals surface area contributed by atoms with Crippen molar-refractivity contribution in [3.8, 4) is 0 Å². The third kappa shape index (κ3) is 2.49. The maximum absolute atomic E-state index is 11.1. The Bertz CT molecular complexity index is 274. The Labute approximate surface area is 90.3 Å². The lowest BCUT2D eigenvalue weighted by Crippen LogP contribution is -2.56. The van der Waals surface area contributed by atoms with E-state index in [1.54, 1.807) is 6.92 Å². The van der Waals surface area contributed by atoms with Crippen LogP contribution in [0.3, 0.4) is 0 Å². The van der Waals surface area contributed by atoms with Crippen LogP contribution >= 0.6 is 0 Å². The van der Waals surface area contributed by atoms with Gasteiger partial charge in [0.15, 0.2) is 0 Å². The molecule has 0 radical (unpaired) electrons. The van der Waals surface area contributed by atoms with Gasteiger partial charge in [0.25, 0.3) is 0 Å². The summed E-state index contributed by atoms with van der Waals surface area (Å²) in [6.07, 6.45) is 0.465. The van der Waals surface area contributed by atoms with Crippen LogP contribution in [0.5, 0.6) is 0 Å². The van der Waals surface area contributed by atoms with Gasteiger partial charge >= 0.3 is 6.09 Å². The number of carbonyl (C=O) groups is 2. The third-order valence-electron chi connectivity index (χ3n) is 2.98. The zero-order chi connectivity index (χ0) is 11.8. The number of ketones is 1. The van der Waals surface area contributed by atoms with Gasteiger partial charge in [-0.1, -0.05) is 0 Å². The molecular weight excluding hydrogens is 194 g/mol. The van der Waals surface area contributed by atoms with Crippen molar-refractivity contribution in [2.75, 3.05) is 0 Å². The average molecular weight is 213 g/mol. The number of hydrogen-bond acceptors (Lipinski definition) is 2. The summed E-state index contributed by atoms with van der Waals surface area (Å²) in [6.45, 7) is 7.20. The molecule has 1 amide bonds. The van der Waals surface area contributed by atoms with Gasteiger partial charge in [-0.2, -0.15) is 0 Å². The molecule has 1 fully saturated rings. The van der Waals surface area contributed by atoms with Gasteiger partial charge in [0, 0.05) is 17.5 Å². The summed E-state index contributed by atoms with van der Waals surface area (Å²) in [5, 5.41) is 9.11. The van der Waals surface area contributed by atoms with E-state index in [4.69, 9.17) is 5.11 Å². The quantitative estimate of drug-likeness (QED) is 0.764. The summed E-state index contributed by atoms with van der Waals surface area (Å²) in [4.78, 5) is 23.6. The molecule has 4 heteroatoms. The number of hydrogen-bond donors (Lipinski definition) is 1. The van der Waals surface area contributed by atoms with Crippen LogP contribution in [0, 0.1) is 5.92 Å². The highest BCUT2D eigenvalue weighted by atomic mass is 16.4. The Hall–Kier alpha value is -1.06. The van der Waals surface area contributed by atoms with E-state index in [1.807, 2.05) is 20.8 Å². The zero-order valence-electron chi connectivity index (χ0n) is 9.78. The summed E-state index contributed by atoms with van der Waals surface area (Å²) >= 11 is 0. The topological polar surface area (TPSA) is 57.6 Å². The van der Waals surface area contributed by atoms with Gasteiger partial charge in [0.05, 0.1) is 0 Å². The normalized spacial score (nSPS) is 25.6. The first-order chi connectivity index (χ1) is 6.73. The Balaban J connectivity index is 2.63. The zero-order valence-corrected chi connectivity index (χ0v) is 9.78. The van der Waals surface area contributed by atoms with E-state index in [2.05, 4.69) is 0 Å². The fourth-order valence-corrected chi connectivity index (χ4v) is 2.12. The molecule has 0 aromatic rings. The summed E-state index contributed by atoms with van der Waals surface area (Å²) < 4.78 is 0. The molecule has 4 nitrogen and oxygen atoms in total. The van der Waals surface area contributed by atoms with Crippen LogP contribution in [-0.2, 0) is 4.79 Å². The Morgan fingerprint density at radius 1 is 1.27 bits per heavy atom. The van der Waals surface area contributed by atoms with Crippen LogP contribution in [0.15, 0.2) is 0 Å². The van der Waals surface area contributed by atoms with Gasteiger partial charge in [0.2, 0.25) is 0 Å². The molecule has 1 rings (SSSR count). The minimum Gasteiger partial charge on any atom is -0.465 e. The van der Waals surface area contributed by atoms with Gasteiger partial charge in [-0.15, -0.1) is 0 Å². The molecule has 0 aromatic heterocycles. The smallest absolute Gasteiger partial charge is 0.407 e. The molecule has 15 heavy (non-hydrogen) atoms. The van der Waals surface area contributed by atoms with E-state index in [0.717, 1.165) is 0 Å². The molecule has 1 aliphatic rings. The Kier molecular flexibility index (Phi) is 3.07. The summed E-state index contributed by atoms with van der Waals surface area (Å²) in [5.41, 5.74) is -0.391. The molecule has 0 bridgehead atoms. The molecule has 0 spiro atoms. The van der Waals surface area contributed by atoms with Crippen LogP contribution in [0.1, 0.15) is 40.5 Å². The number of amides is 1. The predicted molar refractivity (Wildman–Crippen MR) is 56.8 cm³/mol. The van der Waals surface area contributed by atoms with Crippen LogP contribution < -0.4 is 0 Å². The highest BCUT2D eigenvalue weighted by Gasteiger charge is 2.42. The number of nitrogens with zero attached hydrogens (tertiary/aromatic N) is 1. The van der Waals surface area contributed by atoms with Crippen molar-refractivity contribution in [3.63, 3.8) is 0 Å². The lowest BCUT2D eigenvalue weighted by molar-refractivity contribution is -0.126. The molecule has 0 heterocycles. The van der Waals surface area contributed by atoms with E-state index >= 15 is 0 Å². The van der Waals surface area contributed by atoms with Gasteiger partial charge in [-0.3, -0.25) is 4.79 Å². The highest BCUT2D eigenvalue weighted by Crippen LogP contribution is 2.35. The molecule has 1 saturated carbocycles. The van der Waals surface area contributed by atoms with Crippen molar-refractivity contribution in [1.29, 1.82) is 0 Å². The second-order valence-corrected chi connectivity index (χ2v) is 5.26.